The smallest absolute Gasteiger partial charge is 0.428 e. The molecule has 0 aliphatic heterocycles. The fourth-order valence-corrected chi connectivity index (χ4v) is 2.34. The Bertz CT molecular complexity index is 500. The first-order valence-corrected chi connectivity index (χ1v) is 7.64. The third-order valence-electron chi connectivity index (χ3n) is 2.08. The van der Waals surface area contributed by atoms with E-state index in [0.717, 1.165) is 12.1 Å². The van der Waals surface area contributed by atoms with Crippen LogP contribution in [0.15, 0.2) is 12.1 Å². The van der Waals surface area contributed by atoms with Gasteiger partial charge in [-0.15, -0.1) is 0 Å². The van der Waals surface area contributed by atoms with Crippen LogP contribution in [0.4, 0.5) is 4.39 Å². The highest BCUT2D eigenvalue weighted by Gasteiger charge is 2.53. The van der Waals surface area contributed by atoms with Crippen molar-refractivity contribution in [2.24, 2.45) is 0 Å². The molecule has 0 saturated carbocycles. The molecule has 6 nitrogen and oxygen atoms in total. The summed E-state index contributed by atoms with van der Waals surface area (Å²) in [5.41, 5.74) is -2.63. The van der Waals surface area contributed by atoms with Gasteiger partial charge in [-0.05, 0) is 26.0 Å². The summed E-state index contributed by atoms with van der Waals surface area (Å²) in [6.07, 6.45) is 0. The van der Waals surface area contributed by atoms with Crippen LogP contribution >= 0.6 is 19.2 Å². The Morgan fingerprint density at radius 1 is 1.40 bits per heavy atom. The fourth-order valence-electron chi connectivity index (χ4n) is 1.34. The quantitative estimate of drug-likeness (QED) is 0.591. The van der Waals surface area contributed by atoms with Crippen molar-refractivity contribution in [1.29, 1.82) is 0 Å². The summed E-state index contributed by atoms with van der Waals surface area (Å²) in [5, 5.41) is -0.196. The Morgan fingerprint density at radius 2 is 1.95 bits per heavy atom. The third-order valence-corrected chi connectivity index (χ3v) is 3.44. The van der Waals surface area contributed by atoms with Crippen LogP contribution in [0, 0.1) is 11.9 Å². The van der Waals surface area contributed by atoms with Gasteiger partial charge in [0.05, 0.1) is 18.2 Å². The molecule has 1 aromatic carbocycles. The lowest BCUT2D eigenvalue weighted by Crippen LogP contribution is -2.42. The lowest BCUT2D eigenvalue weighted by atomic mass is 10.3. The zero-order chi connectivity index (χ0) is 15.4. The standard InChI is InChI=1S/C11H14ClFO6P/c1-3-17-11(18-4-2,20(14,15)16)19-10-6-5-8(13)7-9(10)12/h6-7H,3-4H2,1-2H3,(H2,14,15,16). The number of halogens is 2. The zero-order valence-corrected chi connectivity index (χ0v) is 12.4. The molecule has 0 spiro atoms. The molecule has 2 N–H and O–H groups in total. The highest BCUT2D eigenvalue weighted by atomic mass is 35.5. The van der Waals surface area contributed by atoms with Gasteiger partial charge in [0.1, 0.15) is 11.6 Å². The molecule has 1 rings (SSSR count). The van der Waals surface area contributed by atoms with E-state index in [2.05, 4.69) is 6.07 Å². The van der Waals surface area contributed by atoms with Crippen molar-refractivity contribution in [3.63, 3.8) is 0 Å². The first-order valence-electron chi connectivity index (χ1n) is 5.65. The maximum atomic E-state index is 12.9. The Balaban J connectivity index is 3.20. The molecular weight excluding hydrogens is 314 g/mol. The normalized spacial score (nSPS) is 12.5. The van der Waals surface area contributed by atoms with Gasteiger partial charge in [0, 0.05) is 6.07 Å². The molecule has 0 bridgehead atoms. The Labute approximate surface area is 120 Å². The van der Waals surface area contributed by atoms with Gasteiger partial charge in [0.15, 0.2) is 0 Å². The number of ether oxygens (including phenoxy) is 3. The van der Waals surface area contributed by atoms with Crippen molar-refractivity contribution in [3.05, 3.63) is 29.0 Å². The van der Waals surface area contributed by atoms with Gasteiger partial charge in [-0.1, -0.05) is 11.6 Å². The van der Waals surface area contributed by atoms with Gasteiger partial charge in [-0.2, -0.15) is 0 Å². The predicted octanol–water partition coefficient (Wildman–Crippen LogP) is 2.52. The lowest BCUT2D eigenvalue weighted by molar-refractivity contribution is -0.291. The van der Waals surface area contributed by atoms with Crippen LogP contribution in [0.3, 0.4) is 0 Å². The third kappa shape index (κ3) is 3.91. The van der Waals surface area contributed by atoms with Crippen LogP contribution in [0.1, 0.15) is 13.8 Å². The molecule has 0 amide bonds. The molecule has 0 heterocycles. The van der Waals surface area contributed by atoms with Gasteiger partial charge in [0.25, 0.3) is 0 Å². The number of rotatable bonds is 7. The average Bonchev–Trinajstić information content (AvgIpc) is 2.32. The number of benzene rings is 1. The second-order valence-corrected chi connectivity index (χ2v) is 5.57. The van der Waals surface area contributed by atoms with E-state index < -0.39 is 19.1 Å². The monoisotopic (exact) mass is 327 g/mol. The molecular formula is C11H14ClFO6P. The molecule has 1 radical (unpaired) electrons. The minimum Gasteiger partial charge on any atom is -0.428 e. The molecule has 0 fully saturated rings. The lowest BCUT2D eigenvalue weighted by Gasteiger charge is -2.32. The maximum Gasteiger partial charge on any atom is 0.434 e. The van der Waals surface area contributed by atoms with Crippen molar-refractivity contribution < 1.29 is 33.0 Å². The largest absolute Gasteiger partial charge is 0.434 e. The first kappa shape index (κ1) is 17.4. The average molecular weight is 328 g/mol. The second kappa shape index (κ2) is 6.85. The molecule has 9 heteroatoms. The molecule has 0 unspecified atom stereocenters. The fraction of sp³-hybridized carbons (Fsp3) is 0.455. The first-order chi connectivity index (χ1) is 9.25. The number of hydrogen-bond acceptors (Lipinski definition) is 4. The van der Waals surface area contributed by atoms with Crippen LogP contribution in [-0.2, 0) is 14.0 Å². The van der Waals surface area contributed by atoms with Gasteiger partial charge in [0.2, 0.25) is 0 Å². The summed E-state index contributed by atoms with van der Waals surface area (Å²) in [5.74, 6) is -0.963. The Morgan fingerprint density at radius 3 is 2.35 bits per heavy atom. The topological polar surface area (TPSA) is 85.2 Å². The Kier molecular flexibility index (Phi) is 5.94. The van der Waals surface area contributed by atoms with Crippen molar-refractivity contribution in [2.45, 2.75) is 19.6 Å². The van der Waals surface area contributed by atoms with Crippen LogP contribution in [0.2, 0.25) is 5.02 Å². The van der Waals surface area contributed by atoms with Crippen LogP contribution in [0.5, 0.6) is 5.75 Å². The molecule has 0 aliphatic carbocycles. The van der Waals surface area contributed by atoms with E-state index in [9.17, 15) is 18.7 Å². The number of hydrogen-bond donors (Lipinski definition) is 2. The van der Waals surface area contributed by atoms with E-state index in [1.165, 1.54) is 13.8 Å². The summed E-state index contributed by atoms with van der Waals surface area (Å²) in [6.45, 7) is 2.83. The molecule has 1 aromatic rings. The van der Waals surface area contributed by atoms with Crippen LogP contribution in [0.25, 0.3) is 0 Å². The van der Waals surface area contributed by atoms with Crippen molar-refractivity contribution >= 4 is 19.2 Å². The highest BCUT2D eigenvalue weighted by molar-refractivity contribution is 7.52. The van der Waals surface area contributed by atoms with Gasteiger partial charge in [-0.3, -0.25) is 0 Å². The minimum atomic E-state index is -4.97. The van der Waals surface area contributed by atoms with Crippen molar-refractivity contribution in [3.8, 4) is 5.75 Å². The Hall–Kier alpha value is -0.690. The predicted molar refractivity (Wildman–Crippen MR) is 68.9 cm³/mol. The van der Waals surface area contributed by atoms with E-state index in [1.54, 1.807) is 0 Å². The van der Waals surface area contributed by atoms with E-state index >= 15 is 0 Å². The van der Waals surface area contributed by atoms with Crippen molar-refractivity contribution in [2.75, 3.05) is 13.2 Å². The SMILES string of the molecule is CCOC(OCC)(Oc1c[c]c(F)cc1Cl)P(=O)(O)O. The summed E-state index contributed by atoms with van der Waals surface area (Å²) in [7, 11) is -4.97. The molecule has 0 aliphatic rings. The molecule has 0 atom stereocenters. The minimum absolute atomic E-state index is 0.0896. The molecule has 20 heavy (non-hydrogen) atoms. The van der Waals surface area contributed by atoms with E-state index in [0.29, 0.717) is 0 Å². The summed E-state index contributed by atoms with van der Waals surface area (Å²) in [6, 6.07) is 4.05. The van der Waals surface area contributed by atoms with Crippen LogP contribution < -0.4 is 4.74 Å². The van der Waals surface area contributed by atoms with Gasteiger partial charge < -0.3 is 24.0 Å². The second-order valence-electron chi connectivity index (χ2n) is 3.53. The van der Waals surface area contributed by atoms with Gasteiger partial charge >= 0.3 is 13.3 Å². The van der Waals surface area contributed by atoms with Crippen LogP contribution in [-0.4, -0.2) is 28.7 Å². The van der Waals surface area contributed by atoms with Crippen molar-refractivity contribution in [1.82, 2.24) is 0 Å². The highest BCUT2D eigenvalue weighted by Crippen LogP contribution is 2.53. The molecule has 0 aromatic heterocycles. The van der Waals surface area contributed by atoms with E-state index in [1.807, 2.05) is 0 Å². The zero-order valence-electron chi connectivity index (χ0n) is 10.8. The molecule has 113 valence electrons. The summed E-state index contributed by atoms with van der Waals surface area (Å²) in [4.78, 5) is 18.8. The molecule has 0 saturated heterocycles. The van der Waals surface area contributed by atoms with Gasteiger partial charge in [-0.25, -0.2) is 8.96 Å². The van der Waals surface area contributed by atoms with E-state index in [-0.39, 0.29) is 24.0 Å². The van der Waals surface area contributed by atoms with E-state index in [4.69, 9.17) is 25.8 Å². The summed E-state index contributed by atoms with van der Waals surface area (Å²) < 4.78 is 39.5. The maximum absolute atomic E-state index is 12.9. The summed E-state index contributed by atoms with van der Waals surface area (Å²) >= 11 is 5.74.